The molecule has 12 heteroatoms. The number of benzene rings is 1. The van der Waals surface area contributed by atoms with Gasteiger partial charge >= 0.3 is 5.97 Å². The Kier molecular flexibility index (Phi) is 5.84. The van der Waals surface area contributed by atoms with Gasteiger partial charge in [0, 0.05) is 32.0 Å². The van der Waals surface area contributed by atoms with Gasteiger partial charge < -0.3 is 14.7 Å². The van der Waals surface area contributed by atoms with Crippen LogP contribution >= 0.6 is 15.9 Å². The van der Waals surface area contributed by atoms with Gasteiger partial charge in [-0.2, -0.15) is 4.80 Å². The molecule has 156 valence electrons. The van der Waals surface area contributed by atoms with Crippen LogP contribution in [0.4, 0.5) is 10.2 Å². The van der Waals surface area contributed by atoms with Crippen LogP contribution in [-0.4, -0.2) is 60.4 Å². The molecule has 1 aliphatic rings. The van der Waals surface area contributed by atoms with Gasteiger partial charge in [-0.1, -0.05) is 0 Å². The summed E-state index contributed by atoms with van der Waals surface area (Å²) in [6.07, 6.45) is 4.66. The highest BCUT2D eigenvalue weighted by atomic mass is 79.9. The molecular formula is C18H17BrFN7O3. The molecule has 0 atom stereocenters. The second-order valence-electron chi connectivity index (χ2n) is 6.68. The number of halogens is 2. The van der Waals surface area contributed by atoms with E-state index in [1.54, 1.807) is 12.3 Å². The van der Waals surface area contributed by atoms with E-state index in [4.69, 9.17) is 9.84 Å². The molecular weight excluding hydrogens is 461 g/mol. The number of carboxylic acids is 1. The molecule has 0 radical (unpaired) electrons. The molecule has 0 bridgehead atoms. The molecule has 0 unspecified atom stereocenters. The van der Waals surface area contributed by atoms with Crippen molar-refractivity contribution in [2.45, 2.75) is 25.5 Å². The number of aromatic nitrogens is 6. The topological polar surface area (TPSA) is 119 Å². The van der Waals surface area contributed by atoms with Gasteiger partial charge in [-0.3, -0.25) is 4.79 Å². The van der Waals surface area contributed by atoms with Crippen LogP contribution < -0.4 is 9.64 Å². The third-order valence-electron chi connectivity index (χ3n) is 4.55. The lowest BCUT2D eigenvalue weighted by Gasteiger charge is -2.32. The number of carboxylic acid groups (broad SMARTS) is 1. The maximum atomic E-state index is 13.4. The lowest BCUT2D eigenvalue weighted by molar-refractivity contribution is -0.138. The predicted octanol–water partition coefficient (Wildman–Crippen LogP) is 2.16. The Hall–Kier alpha value is -3.15. The van der Waals surface area contributed by atoms with E-state index in [2.05, 4.69) is 46.2 Å². The van der Waals surface area contributed by atoms with Crippen LogP contribution in [0.3, 0.4) is 0 Å². The predicted molar refractivity (Wildman–Crippen MR) is 106 cm³/mol. The van der Waals surface area contributed by atoms with Crippen LogP contribution in [0.5, 0.6) is 5.75 Å². The number of carbonyl (C=O) groups is 1. The number of rotatable bonds is 6. The summed E-state index contributed by atoms with van der Waals surface area (Å²) in [6.45, 7) is 1.07. The Bertz CT molecular complexity index is 1040. The van der Waals surface area contributed by atoms with Crippen LogP contribution in [0.1, 0.15) is 12.8 Å². The van der Waals surface area contributed by atoms with Crippen LogP contribution in [0.15, 0.2) is 35.1 Å². The molecule has 3 heterocycles. The molecule has 0 amide bonds. The first-order chi connectivity index (χ1) is 14.5. The van der Waals surface area contributed by atoms with Crippen molar-refractivity contribution >= 4 is 27.7 Å². The average Bonchev–Trinajstić information content (AvgIpc) is 3.19. The average molecular weight is 478 g/mol. The first-order valence-electron chi connectivity index (χ1n) is 9.16. The van der Waals surface area contributed by atoms with E-state index in [0.717, 1.165) is 35.2 Å². The summed E-state index contributed by atoms with van der Waals surface area (Å²) < 4.78 is 20.1. The first kappa shape index (κ1) is 20.1. The second-order valence-corrected chi connectivity index (χ2v) is 7.53. The summed E-state index contributed by atoms with van der Waals surface area (Å²) in [5.74, 6) is 0.0298. The summed E-state index contributed by atoms with van der Waals surface area (Å²) in [7, 11) is 0. The maximum absolute atomic E-state index is 13.4. The van der Waals surface area contributed by atoms with Gasteiger partial charge in [-0.05, 0) is 33.3 Å². The second kappa shape index (κ2) is 8.69. The van der Waals surface area contributed by atoms with Gasteiger partial charge in [-0.15, -0.1) is 10.2 Å². The van der Waals surface area contributed by atoms with E-state index in [1.165, 1.54) is 18.3 Å². The van der Waals surface area contributed by atoms with E-state index < -0.39 is 5.97 Å². The number of hydrogen-bond acceptors (Lipinski definition) is 8. The normalized spacial score (nSPS) is 14.7. The number of tetrazole rings is 1. The fourth-order valence-corrected chi connectivity index (χ4v) is 3.42. The van der Waals surface area contributed by atoms with Crippen LogP contribution in [0.2, 0.25) is 0 Å². The minimum Gasteiger partial charge on any atom is -0.489 e. The molecule has 10 nitrogen and oxygen atoms in total. The Balaban J connectivity index is 1.35. The zero-order valence-electron chi connectivity index (χ0n) is 15.6. The van der Waals surface area contributed by atoms with Crippen molar-refractivity contribution in [1.82, 2.24) is 30.2 Å². The summed E-state index contributed by atoms with van der Waals surface area (Å²) in [4.78, 5) is 22.5. The van der Waals surface area contributed by atoms with Crippen molar-refractivity contribution in [3.8, 4) is 17.3 Å². The van der Waals surface area contributed by atoms with Gasteiger partial charge in [0.25, 0.3) is 0 Å². The van der Waals surface area contributed by atoms with Gasteiger partial charge in [0.1, 0.15) is 29.2 Å². The van der Waals surface area contributed by atoms with Crippen molar-refractivity contribution in [2.24, 2.45) is 0 Å². The van der Waals surface area contributed by atoms with Crippen molar-refractivity contribution in [3.63, 3.8) is 0 Å². The van der Waals surface area contributed by atoms with Crippen LogP contribution in [-0.2, 0) is 11.3 Å². The van der Waals surface area contributed by atoms with E-state index in [9.17, 15) is 9.18 Å². The van der Waals surface area contributed by atoms with E-state index in [-0.39, 0.29) is 24.3 Å². The molecule has 30 heavy (non-hydrogen) atoms. The molecule has 0 saturated carbocycles. The van der Waals surface area contributed by atoms with Gasteiger partial charge in [0.05, 0.1) is 16.9 Å². The fourth-order valence-electron chi connectivity index (χ4n) is 3.08. The maximum Gasteiger partial charge on any atom is 0.327 e. The van der Waals surface area contributed by atoms with Crippen molar-refractivity contribution in [2.75, 3.05) is 18.0 Å². The van der Waals surface area contributed by atoms with Crippen LogP contribution in [0.25, 0.3) is 11.5 Å². The van der Waals surface area contributed by atoms with Crippen molar-refractivity contribution in [1.29, 1.82) is 0 Å². The van der Waals surface area contributed by atoms with E-state index >= 15 is 0 Å². The molecule has 1 N–H and O–H groups in total. The SMILES string of the molecule is O=C(O)Cn1nnc(-c2cnc(N3CCC(Oc4cc(F)ccc4Br)CC3)cn2)n1. The monoisotopic (exact) mass is 477 g/mol. The van der Waals surface area contributed by atoms with Gasteiger partial charge in [-0.25, -0.2) is 14.4 Å². The third-order valence-corrected chi connectivity index (χ3v) is 5.20. The van der Waals surface area contributed by atoms with E-state index in [1.807, 2.05) is 0 Å². The quantitative estimate of drug-likeness (QED) is 0.569. The van der Waals surface area contributed by atoms with Crippen molar-refractivity contribution in [3.05, 3.63) is 40.9 Å². The molecule has 1 aliphatic heterocycles. The van der Waals surface area contributed by atoms with Gasteiger partial charge in [0.15, 0.2) is 6.54 Å². The highest BCUT2D eigenvalue weighted by Crippen LogP contribution is 2.29. The number of ether oxygens (including phenoxy) is 1. The van der Waals surface area contributed by atoms with E-state index in [0.29, 0.717) is 17.3 Å². The fraction of sp³-hybridized carbons (Fsp3) is 0.333. The van der Waals surface area contributed by atoms with Crippen LogP contribution in [0, 0.1) is 5.82 Å². The number of hydrogen-bond donors (Lipinski definition) is 1. The molecule has 0 spiro atoms. The minimum atomic E-state index is -1.06. The first-order valence-corrected chi connectivity index (χ1v) is 9.96. The summed E-state index contributed by atoms with van der Waals surface area (Å²) in [6, 6.07) is 4.39. The molecule has 3 aromatic rings. The highest BCUT2D eigenvalue weighted by molar-refractivity contribution is 9.10. The zero-order valence-corrected chi connectivity index (χ0v) is 17.2. The highest BCUT2D eigenvalue weighted by Gasteiger charge is 2.23. The summed E-state index contributed by atoms with van der Waals surface area (Å²) in [5, 5.41) is 20.2. The molecule has 1 fully saturated rings. The molecule has 4 rings (SSSR count). The Morgan fingerprint density at radius 2 is 2.07 bits per heavy atom. The molecule has 1 saturated heterocycles. The summed E-state index contributed by atoms with van der Waals surface area (Å²) in [5.41, 5.74) is 0.407. The third kappa shape index (κ3) is 4.70. The lowest BCUT2D eigenvalue weighted by Crippen LogP contribution is -2.38. The number of anilines is 1. The Morgan fingerprint density at radius 1 is 1.27 bits per heavy atom. The largest absolute Gasteiger partial charge is 0.489 e. The minimum absolute atomic E-state index is 0.0138. The number of nitrogens with zero attached hydrogens (tertiary/aromatic N) is 7. The number of piperidine rings is 1. The zero-order chi connectivity index (χ0) is 21.1. The molecule has 2 aromatic heterocycles. The number of aliphatic carboxylic acids is 1. The molecule has 1 aromatic carbocycles. The smallest absolute Gasteiger partial charge is 0.327 e. The molecule has 0 aliphatic carbocycles. The lowest BCUT2D eigenvalue weighted by atomic mass is 10.1. The summed E-state index contributed by atoms with van der Waals surface area (Å²) >= 11 is 3.38. The Labute approximate surface area is 178 Å². The van der Waals surface area contributed by atoms with Gasteiger partial charge in [0.2, 0.25) is 5.82 Å². The Morgan fingerprint density at radius 3 is 2.77 bits per heavy atom. The standard InChI is InChI=1S/C18H17BrFN7O3/c19-13-2-1-11(20)7-15(13)30-12-3-5-26(6-4-12)16-9-21-14(8-22-16)18-23-25-27(24-18)10-17(28)29/h1-2,7-9,12H,3-6,10H2,(H,28,29). The van der Waals surface area contributed by atoms with Crippen molar-refractivity contribution < 1.29 is 19.0 Å².